The highest BCUT2D eigenvalue weighted by molar-refractivity contribution is 5.96. The van der Waals surface area contributed by atoms with E-state index in [0.29, 0.717) is 11.1 Å². The first kappa shape index (κ1) is 14.6. The summed E-state index contributed by atoms with van der Waals surface area (Å²) in [6, 6.07) is 13.3. The highest BCUT2D eigenvalue weighted by Crippen LogP contribution is 2.11. The van der Waals surface area contributed by atoms with Gasteiger partial charge in [-0.3, -0.25) is 4.79 Å². The lowest BCUT2D eigenvalue weighted by Gasteiger charge is -2.20. The van der Waals surface area contributed by atoms with Gasteiger partial charge in [-0.25, -0.2) is 0 Å². The van der Waals surface area contributed by atoms with E-state index in [9.17, 15) is 19.8 Å². The largest absolute Gasteiger partial charge is 0.548 e. The van der Waals surface area contributed by atoms with Crippen molar-refractivity contribution in [3.8, 4) is 5.75 Å². The van der Waals surface area contributed by atoms with Gasteiger partial charge in [0.05, 0.1) is 12.0 Å². The monoisotopic (exact) mass is 284 g/mol. The number of carboxylic acid groups (broad SMARTS) is 1. The van der Waals surface area contributed by atoms with E-state index >= 15 is 0 Å². The number of hydrogen-bond acceptors (Lipinski definition) is 4. The number of benzene rings is 2. The Kier molecular flexibility index (Phi) is 4.56. The van der Waals surface area contributed by atoms with Crippen LogP contribution in [0.1, 0.15) is 15.9 Å². The number of aromatic hydroxyl groups is 1. The van der Waals surface area contributed by atoms with Crippen molar-refractivity contribution < 1.29 is 19.8 Å². The van der Waals surface area contributed by atoms with Crippen LogP contribution in [-0.4, -0.2) is 23.0 Å². The molecule has 0 bridgehead atoms. The van der Waals surface area contributed by atoms with Crippen LogP contribution in [0.3, 0.4) is 0 Å². The molecule has 0 fully saturated rings. The minimum Gasteiger partial charge on any atom is -0.548 e. The van der Waals surface area contributed by atoms with Crippen LogP contribution in [0.25, 0.3) is 0 Å². The molecule has 0 saturated carbocycles. The lowest BCUT2D eigenvalue weighted by molar-refractivity contribution is -0.308. The average Bonchev–Trinajstić information content (AvgIpc) is 2.49. The van der Waals surface area contributed by atoms with E-state index in [0.717, 1.165) is 0 Å². The van der Waals surface area contributed by atoms with E-state index in [-0.39, 0.29) is 12.2 Å². The molecule has 1 atom stereocenters. The summed E-state index contributed by atoms with van der Waals surface area (Å²) >= 11 is 0. The Balaban J connectivity index is 2.07. The van der Waals surface area contributed by atoms with Gasteiger partial charge in [0.2, 0.25) is 0 Å². The SMILES string of the molecule is O=C(N[C@@H](Cc1ccc(O)cc1)C(=O)[O-])c1ccccc1. The number of phenolic OH excluding ortho intramolecular Hbond substituents is 1. The second-order valence-electron chi connectivity index (χ2n) is 4.58. The Hall–Kier alpha value is -2.82. The molecule has 0 heterocycles. The van der Waals surface area contributed by atoms with E-state index in [1.165, 1.54) is 12.1 Å². The van der Waals surface area contributed by atoms with E-state index in [2.05, 4.69) is 5.32 Å². The van der Waals surface area contributed by atoms with Crippen molar-refractivity contribution in [3.05, 3.63) is 65.7 Å². The molecule has 0 unspecified atom stereocenters. The zero-order valence-electron chi connectivity index (χ0n) is 11.2. The van der Waals surface area contributed by atoms with Gasteiger partial charge < -0.3 is 20.3 Å². The van der Waals surface area contributed by atoms with E-state index in [1.54, 1.807) is 42.5 Å². The topological polar surface area (TPSA) is 89.5 Å². The maximum Gasteiger partial charge on any atom is 0.251 e. The van der Waals surface area contributed by atoms with Crippen molar-refractivity contribution >= 4 is 11.9 Å². The number of hydrogen-bond donors (Lipinski definition) is 2. The van der Waals surface area contributed by atoms with Crippen LogP contribution < -0.4 is 10.4 Å². The van der Waals surface area contributed by atoms with E-state index in [1.807, 2.05) is 0 Å². The van der Waals surface area contributed by atoms with Crippen LogP contribution in [-0.2, 0) is 11.2 Å². The molecule has 0 aromatic heterocycles. The first-order chi connectivity index (χ1) is 10.1. The molecular formula is C16H14NO4-. The number of nitrogens with one attached hydrogen (secondary N) is 1. The summed E-state index contributed by atoms with van der Waals surface area (Å²) in [5, 5.41) is 22.8. The van der Waals surface area contributed by atoms with Crippen LogP contribution in [0.5, 0.6) is 5.75 Å². The molecule has 0 radical (unpaired) electrons. The summed E-state index contributed by atoms with van der Waals surface area (Å²) in [6.45, 7) is 0. The highest BCUT2D eigenvalue weighted by atomic mass is 16.4. The zero-order chi connectivity index (χ0) is 15.2. The summed E-state index contributed by atoms with van der Waals surface area (Å²) in [5.74, 6) is -1.73. The van der Waals surface area contributed by atoms with Crippen molar-refractivity contribution in [1.82, 2.24) is 5.32 Å². The molecule has 2 N–H and O–H groups in total. The minimum atomic E-state index is -1.35. The molecule has 0 aliphatic rings. The van der Waals surface area contributed by atoms with Crippen molar-refractivity contribution in [3.63, 3.8) is 0 Å². The molecule has 1 amide bonds. The Morgan fingerprint density at radius 3 is 2.24 bits per heavy atom. The fraction of sp³-hybridized carbons (Fsp3) is 0.125. The van der Waals surface area contributed by atoms with Crippen molar-refractivity contribution in [2.24, 2.45) is 0 Å². The third-order valence-corrected chi connectivity index (χ3v) is 3.00. The van der Waals surface area contributed by atoms with Gasteiger partial charge >= 0.3 is 0 Å². The Bertz CT molecular complexity index is 622. The Labute approximate surface area is 121 Å². The van der Waals surface area contributed by atoms with E-state index in [4.69, 9.17) is 0 Å². The van der Waals surface area contributed by atoms with Gasteiger partial charge in [-0.1, -0.05) is 30.3 Å². The maximum absolute atomic E-state index is 12.0. The van der Waals surface area contributed by atoms with E-state index < -0.39 is 17.9 Å². The molecule has 5 nitrogen and oxygen atoms in total. The molecule has 2 aromatic rings. The van der Waals surface area contributed by atoms with Crippen molar-refractivity contribution in [2.45, 2.75) is 12.5 Å². The normalized spacial score (nSPS) is 11.6. The Morgan fingerprint density at radius 2 is 1.67 bits per heavy atom. The van der Waals surface area contributed by atoms with Crippen LogP contribution in [0.2, 0.25) is 0 Å². The number of rotatable bonds is 5. The third-order valence-electron chi connectivity index (χ3n) is 3.00. The smallest absolute Gasteiger partial charge is 0.251 e. The minimum absolute atomic E-state index is 0.0845. The molecule has 0 aliphatic heterocycles. The van der Waals surface area contributed by atoms with Crippen molar-refractivity contribution in [2.75, 3.05) is 0 Å². The highest BCUT2D eigenvalue weighted by Gasteiger charge is 2.15. The maximum atomic E-state index is 12.0. The lowest BCUT2D eigenvalue weighted by atomic mass is 10.1. The van der Waals surface area contributed by atoms with Crippen molar-refractivity contribution in [1.29, 1.82) is 0 Å². The standard InChI is InChI=1S/C16H15NO4/c18-13-8-6-11(7-9-13)10-14(16(20)21)17-15(19)12-4-2-1-3-5-12/h1-9,14,18H,10H2,(H,17,19)(H,20,21)/p-1/t14-/m0/s1. The van der Waals surface area contributed by atoms with Crippen LogP contribution in [0.15, 0.2) is 54.6 Å². The lowest BCUT2D eigenvalue weighted by Crippen LogP contribution is -2.49. The Morgan fingerprint density at radius 1 is 1.05 bits per heavy atom. The fourth-order valence-electron chi connectivity index (χ4n) is 1.89. The summed E-state index contributed by atoms with van der Waals surface area (Å²) in [7, 11) is 0. The second-order valence-corrected chi connectivity index (χ2v) is 4.58. The average molecular weight is 284 g/mol. The molecule has 0 saturated heterocycles. The molecule has 21 heavy (non-hydrogen) atoms. The molecule has 2 rings (SSSR count). The molecular weight excluding hydrogens is 270 g/mol. The number of carbonyl (C=O) groups is 2. The predicted octanol–water partition coefficient (Wildman–Crippen LogP) is 0.483. The number of amides is 1. The first-order valence-corrected chi connectivity index (χ1v) is 6.41. The summed E-state index contributed by atoms with van der Waals surface area (Å²) in [5.41, 5.74) is 1.06. The molecule has 0 aliphatic carbocycles. The van der Waals surface area contributed by atoms with Crippen LogP contribution in [0.4, 0.5) is 0 Å². The summed E-state index contributed by atoms with van der Waals surface area (Å²) in [4.78, 5) is 23.1. The quantitative estimate of drug-likeness (QED) is 0.836. The summed E-state index contributed by atoms with van der Waals surface area (Å²) < 4.78 is 0. The van der Waals surface area contributed by atoms with Gasteiger partial charge in [0.25, 0.3) is 5.91 Å². The van der Waals surface area contributed by atoms with Crippen LogP contribution in [0, 0.1) is 0 Å². The predicted molar refractivity (Wildman–Crippen MR) is 74.5 cm³/mol. The third kappa shape index (κ3) is 4.07. The number of aliphatic carboxylic acids is 1. The van der Waals surface area contributed by atoms with Gasteiger partial charge in [0, 0.05) is 5.56 Å². The molecule has 2 aromatic carbocycles. The van der Waals surface area contributed by atoms with Gasteiger partial charge in [0.1, 0.15) is 5.75 Å². The van der Waals surface area contributed by atoms with Gasteiger partial charge in [-0.05, 0) is 36.2 Å². The number of carboxylic acids is 1. The molecule has 0 spiro atoms. The molecule has 5 heteroatoms. The summed E-state index contributed by atoms with van der Waals surface area (Å²) in [6.07, 6.45) is 0.0845. The number of phenols is 1. The van der Waals surface area contributed by atoms with Gasteiger partial charge in [-0.2, -0.15) is 0 Å². The first-order valence-electron chi connectivity index (χ1n) is 6.41. The second kappa shape index (κ2) is 6.56. The molecule has 108 valence electrons. The van der Waals surface area contributed by atoms with Gasteiger partial charge in [-0.15, -0.1) is 0 Å². The fourth-order valence-corrected chi connectivity index (χ4v) is 1.89. The van der Waals surface area contributed by atoms with Gasteiger partial charge in [0.15, 0.2) is 0 Å². The number of carbonyl (C=O) groups excluding carboxylic acids is 2. The van der Waals surface area contributed by atoms with Crippen LogP contribution >= 0.6 is 0 Å². The zero-order valence-corrected chi connectivity index (χ0v) is 11.2.